The number of thiophene rings is 1. The lowest BCUT2D eigenvalue weighted by Gasteiger charge is -2.19. The van der Waals surface area contributed by atoms with Gasteiger partial charge in [-0.25, -0.2) is 0 Å². The topological polar surface area (TPSA) is 63.0 Å². The Balaban J connectivity index is 1.72. The fourth-order valence-electron chi connectivity index (χ4n) is 2.39. The molecular formula is C15H15NO4S. The van der Waals surface area contributed by atoms with Gasteiger partial charge in [-0.05, 0) is 29.6 Å². The summed E-state index contributed by atoms with van der Waals surface area (Å²) in [5, 5.41) is 12.9. The maximum atomic E-state index is 10.9. The molecule has 2 heterocycles. The van der Waals surface area contributed by atoms with E-state index in [9.17, 15) is 9.90 Å². The molecule has 0 saturated heterocycles. The van der Waals surface area contributed by atoms with E-state index in [4.69, 9.17) is 9.47 Å². The molecule has 1 unspecified atom stereocenters. The van der Waals surface area contributed by atoms with Gasteiger partial charge in [0.15, 0.2) is 11.5 Å². The second-order valence-corrected chi connectivity index (χ2v) is 5.95. The van der Waals surface area contributed by atoms with Crippen LogP contribution in [0.25, 0.3) is 0 Å². The molecule has 0 amide bonds. The van der Waals surface area contributed by atoms with Crippen LogP contribution in [-0.2, 0) is 17.9 Å². The highest BCUT2D eigenvalue weighted by molar-refractivity contribution is 7.09. The lowest BCUT2D eigenvalue weighted by atomic mass is 10.2. The summed E-state index contributed by atoms with van der Waals surface area (Å²) in [5.41, 5.74) is 1.02. The Labute approximate surface area is 126 Å². The highest BCUT2D eigenvalue weighted by Gasteiger charge is 2.17. The third kappa shape index (κ3) is 3.53. The molecule has 0 bridgehead atoms. The van der Waals surface area contributed by atoms with Crippen molar-refractivity contribution in [3.8, 4) is 11.5 Å². The van der Waals surface area contributed by atoms with Crippen LogP contribution in [0.1, 0.15) is 10.4 Å². The summed E-state index contributed by atoms with van der Waals surface area (Å²) in [4.78, 5) is 13.0. The van der Waals surface area contributed by atoms with Crippen LogP contribution in [0, 0.1) is 0 Å². The predicted octanol–water partition coefficient (Wildman–Crippen LogP) is -0.188. The highest BCUT2D eigenvalue weighted by atomic mass is 32.1. The molecule has 1 aromatic carbocycles. The number of nitrogens with one attached hydrogen (secondary N) is 1. The average molecular weight is 305 g/mol. The molecule has 110 valence electrons. The molecule has 21 heavy (non-hydrogen) atoms. The zero-order valence-corrected chi connectivity index (χ0v) is 12.2. The monoisotopic (exact) mass is 305 g/mol. The molecule has 1 aliphatic rings. The van der Waals surface area contributed by atoms with Crippen LogP contribution in [0.2, 0.25) is 0 Å². The molecule has 6 heteroatoms. The molecule has 1 N–H and O–H groups in total. The van der Waals surface area contributed by atoms with Crippen molar-refractivity contribution >= 4 is 17.3 Å². The normalized spacial score (nSPS) is 14.1. The quantitative estimate of drug-likeness (QED) is 0.804. The predicted molar refractivity (Wildman–Crippen MR) is 75.1 cm³/mol. The Kier molecular flexibility index (Phi) is 4.08. The van der Waals surface area contributed by atoms with Crippen molar-refractivity contribution in [3.63, 3.8) is 0 Å². The first kappa shape index (κ1) is 13.9. The number of aliphatic carboxylic acids is 1. The number of fused-ring (bicyclic) bond motifs is 1. The Morgan fingerprint density at radius 2 is 2.10 bits per heavy atom. The minimum atomic E-state index is -1.04. The Morgan fingerprint density at radius 1 is 1.24 bits per heavy atom. The van der Waals surface area contributed by atoms with Crippen LogP contribution in [-0.4, -0.2) is 19.3 Å². The summed E-state index contributed by atoms with van der Waals surface area (Å²) < 4.78 is 10.6. The number of carboxylic acid groups (broad SMARTS) is 1. The summed E-state index contributed by atoms with van der Waals surface area (Å²) in [5.74, 6) is 0.414. The molecule has 1 aromatic heterocycles. The number of ether oxygens (including phenoxy) is 2. The van der Waals surface area contributed by atoms with Gasteiger partial charge >= 0.3 is 0 Å². The fourth-order valence-corrected chi connectivity index (χ4v) is 3.17. The van der Waals surface area contributed by atoms with Gasteiger partial charge in [0.25, 0.3) is 0 Å². The van der Waals surface area contributed by atoms with Crippen LogP contribution < -0.4 is 19.5 Å². The van der Waals surface area contributed by atoms with Crippen LogP contribution in [0.5, 0.6) is 11.5 Å². The highest BCUT2D eigenvalue weighted by Crippen LogP contribution is 2.32. The van der Waals surface area contributed by atoms with Crippen molar-refractivity contribution in [3.05, 3.63) is 46.2 Å². The molecule has 2 aromatic rings. The Bertz CT molecular complexity index is 627. The van der Waals surface area contributed by atoms with Gasteiger partial charge in [0.1, 0.15) is 19.6 Å². The third-order valence-corrected chi connectivity index (χ3v) is 4.17. The van der Waals surface area contributed by atoms with E-state index in [1.807, 2.05) is 35.7 Å². The fraction of sp³-hybridized carbons (Fsp3) is 0.267. The van der Waals surface area contributed by atoms with E-state index in [-0.39, 0.29) is 13.3 Å². The first-order valence-electron chi connectivity index (χ1n) is 6.65. The minimum Gasteiger partial charge on any atom is -0.544 e. The number of hydrogen-bond acceptors (Lipinski definition) is 5. The molecule has 1 atom stereocenters. The average Bonchev–Trinajstić information content (AvgIpc) is 3.08. The molecular weight excluding hydrogens is 290 g/mol. The maximum absolute atomic E-state index is 10.9. The van der Waals surface area contributed by atoms with Gasteiger partial charge in [-0.2, -0.15) is 0 Å². The number of carbonyl (C=O) groups is 1. The summed E-state index contributed by atoms with van der Waals surface area (Å²) >= 11 is 1.63. The first-order valence-corrected chi connectivity index (χ1v) is 7.53. The molecule has 0 saturated carbocycles. The molecule has 5 nitrogen and oxygen atoms in total. The van der Waals surface area contributed by atoms with Crippen molar-refractivity contribution in [1.29, 1.82) is 0 Å². The SMILES string of the molecule is O=C([O-])C[NH+](Cc1ccc2c(c1)OCO2)Cc1cccs1. The largest absolute Gasteiger partial charge is 0.544 e. The van der Waals surface area contributed by atoms with E-state index in [2.05, 4.69) is 0 Å². The zero-order chi connectivity index (χ0) is 14.7. The molecule has 0 aliphatic carbocycles. The van der Waals surface area contributed by atoms with Gasteiger partial charge in [-0.3, -0.25) is 0 Å². The van der Waals surface area contributed by atoms with Gasteiger partial charge in [-0.1, -0.05) is 6.07 Å². The Morgan fingerprint density at radius 3 is 2.86 bits per heavy atom. The Hall–Kier alpha value is -2.05. The van der Waals surface area contributed by atoms with Gasteiger partial charge in [0.2, 0.25) is 6.79 Å². The number of benzene rings is 1. The van der Waals surface area contributed by atoms with E-state index in [0.717, 1.165) is 26.8 Å². The summed E-state index contributed by atoms with van der Waals surface area (Å²) in [6.45, 7) is 1.48. The second kappa shape index (κ2) is 6.15. The van der Waals surface area contributed by atoms with Crippen molar-refractivity contribution < 1.29 is 24.3 Å². The molecule has 0 radical (unpaired) electrons. The first-order chi connectivity index (χ1) is 10.2. The van der Waals surface area contributed by atoms with E-state index < -0.39 is 5.97 Å². The van der Waals surface area contributed by atoms with Crippen molar-refractivity contribution in [2.24, 2.45) is 0 Å². The van der Waals surface area contributed by atoms with Crippen molar-refractivity contribution in [2.45, 2.75) is 13.1 Å². The van der Waals surface area contributed by atoms with Crippen LogP contribution in [0.3, 0.4) is 0 Å². The van der Waals surface area contributed by atoms with Crippen molar-refractivity contribution in [1.82, 2.24) is 0 Å². The zero-order valence-electron chi connectivity index (χ0n) is 11.3. The number of carbonyl (C=O) groups excluding carboxylic acids is 1. The number of hydrogen-bond donors (Lipinski definition) is 1. The van der Waals surface area contributed by atoms with E-state index in [1.165, 1.54) is 0 Å². The van der Waals surface area contributed by atoms with Crippen LogP contribution >= 0.6 is 11.3 Å². The number of carboxylic acids is 1. The maximum Gasteiger partial charge on any atom is 0.231 e. The van der Waals surface area contributed by atoms with Gasteiger partial charge in [-0.15, -0.1) is 11.3 Å². The molecule has 0 fully saturated rings. The van der Waals surface area contributed by atoms with E-state index in [0.29, 0.717) is 13.1 Å². The van der Waals surface area contributed by atoms with Gasteiger partial charge in [0.05, 0.1) is 10.8 Å². The minimum absolute atomic E-state index is 0.0215. The van der Waals surface area contributed by atoms with Gasteiger partial charge in [0, 0.05) is 5.56 Å². The van der Waals surface area contributed by atoms with E-state index in [1.54, 1.807) is 11.3 Å². The lowest BCUT2D eigenvalue weighted by Crippen LogP contribution is -3.10. The lowest BCUT2D eigenvalue weighted by molar-refractivity contribution is -0.921. The smallest absolute Gasteiger partial charge is 0.231 e. The molecule has 0 spiro atoms. The summed E-state index contributed by atoms with van der Waals surface area (Å²) in [6, 6.07) is 9.69. The van der Waals surface area contributed by atoms with Crippen LogP contribution in [0.4, 0.5) is 0 Å². The van der Waals surface area contributed by atoms with Gasteiger partial charge < -0.3 is 24.3 Å². The number of quaternary nitrogens is 1. The summed E-state index contributed by atoms with van der Waals surface area (Å²) in [6.07, 6.45) is 0. The molecule has 1 aliphatic heterocycles. The van der Waals surface area contributed by atoms with Crippen LogP contribution in [0.15, 0.2) is 35.7 Å². The second-order valence-electron chi connectivity index (χ2n) is 4.92. The number of rotatable bonds is 6. The third-order valence-electron chi connectivity index (χ3n) is 3.29. The van der Waals surface area contributed by atoms with E-state index >= 15 is 0 Å². The summed E-state index contributed by atoms with van der Waals surface area (Å²) in [7, 11) is 0. The molecule has 3 rings (SSSR count). The van der Waals surface area contributed by atoms with Crippen molar-refractivity contribution in [2.75, 3.05) is 13.3 Å². The standard InChI is InChI=1S/C15H15NO4S/c17-15(18)9-16(8-12-2-1-5-21-12)7-11-3-4-13-14(6-11)20-10-19-13/h1-6H,7-10H2,(H,17,18).